The molecular weight excluding hydrogens is 186 g/mol. The van der Waals surface area contributed by atoms with Crippen LogP contribution in [0.25, 0.3) is 0 Å². The van der Waals surface area contributed by atoms with Gasteiger partial charge in [0.1, 0.15) is 5.78 Å². The highest BCUT2D eigenvalue weighted by Crippen LogP contribution is 1.77. The summed E-state index contributed by atoms with van der Waals surface area (Å²) in [6.07, 6.45) is 3.72. The molecule has 15 heavy (non-hydrogen) atoms. The van der Waals surface area contributed by atoms with Crippen LogP contribution in [-0.4, -0.2) is 11.8 Å². The fourth-order valence-corrected chi connectivity index (χ4v) is 0. The van der Waals surface area contributed by atoms with Crippen LogP contribution in [0.4, 0.5) is 0 Å². The Labute approximate surface area is 97.6 Å². The van der Waals surface area contributed by atoms with Gasteiger partial charge in [-0.05, 0) is 27.2 Å². The number of carbonyl (C=O) groups is 1. The normalized spacial score (nSPS) is 9.13. The molecule has 0 fully saturated rings. The maximum Gasteiger partial charge on any atom is 0.126 e. The summed E-state index contributed by atoms with van der Waals surface area (Å²) >= 11 is 0. The van der Waals surface area contributed by atoms with Crippen molar-refractivity contribution in [2.75, 3.05) is 0 Å². The molecule has 2 nitrogen and oxygen atoms in total. The molecule has 0 bridgehead atoms. The predicted octanol–water partition coefficient (Wildman–Crippen LogP) is 4.17. The number of Topliss-reactive ketones (excluding diaryl/α,β-unsaturated/α-hetero) is 1. The topological polar surface area (TPSA) is 43.1 Å². The molecule has 0 aliphatic carbocycles. The van der Waals surface area contributed by atoms with Crippen LogP contribution in [0.1, 0.15) is 74.7 Å². The van der Waals surface area contributed by atoms with Gasteiger partial charge in [-0.3, -0.25) is 0 Å². The highest BCUT2D eigenvalue weighted by atomic mass is 16.1. The fraction of sp³-hybridized carbons (Fsp3) is 0.923. The Morgan fingerprint density at radius 1 is 1.07 bits per heavy atom. The van der Waals surface area contributed by atoms with Crippen molar-refractivity contribution in [2.45, 2.75) is 80.7 Å². The number of unbranched alkanes of at least 4 members (excludes halogenated alkanes) is 1. The molecule has 0 radical (unpaired) electrons. The van der Waals surface area contributed by atoms with Crippen molar-refractivity contribution in [1.29, 1.82) is 0 Å². The Morgan fingerprint density at radius 3 is 1.20 bits per heavy atom. The molecular formula is C13H33NO. The summed E-state index contributed by atoms with van der Waals surface area (Å²) in [4.78, 5) is 9.44. The fourth-order valence-electron chi connectivity index (χ4n) is 0. The van der Waals surface area contributed by atoms with Crippen molar-refractivity contribution < 1.29 is 4.79 Å². The third-order valence-corrected chi connectivity index (χ3v) is 1.14. The molecule has 0 saturated carbocycles. The van der Waals surface area contributed by atoms with E-state index < -0.39 is 0 Å². The van der Waals surface area contributed by atoms with Gasteiger partial charge in [-0.25, -0.2) is 0 Å². The summed E-state index contributed by atoms with van der Waals surface area (Å²) < 4.78 is 0. The Balaban J connectivity index is -0.0000000562. The Kier molecular flexibility index (Phi) is 46.8. The average molecular weight is 219 g/mol. The first-order valence-corrected chi connectivity index (χ1v) is 6.14. The van der Waals surface area contributed by atoms with Crippen molar-refractivity contribution in [1.82, 2.24) is 0 Å². The quantitative estimate of drug-likeness (QED) is 0.757. The molecule has 1 atom stereocenters. The van der Waals surface area contributed by atoms with Gasteiger partial charge in [0.2, 0.25) is 0 Å². The number of carbonyl (C=O) groups excluding carboxylic acids is 1. The summed E-state index contributed by atoms with van der Waals surface area (Å²) in [5.74, 6) is 0.167. The van der Waals surface area contributed by atoms with Crippen LogP contribution in [-0.2, 0) is 4.79 Å². The van der Waals surface area contributed by atoms with Crippen molar-refractivity contribution in [2.24, 2.45) is 5.73 Å². The largest absolute Gasteiger partial charge is 0.328 e. The molecule has 0 aromatic carbocycles. The highest BCUT2D eigenvalue weighted by molar-refractivity contribution is 5.72. The smallest absolute Gasteiger partial charge is 0.126 e. The molecule has 0 aromatic heterocycles. The molecule has 2 N–H and O–H groups in total. The van der Waals surface area contributed by atoms with Crippen molar-refractivity contribution >= 4 is 5.78 Å². The Hall–Kier alpha value is -0.370. The van der Waals surface area contributed by atoms with Gasteiger partial charge in [0.15, 0.2) is 0 Å². The molecule has 0 aliphatic heterocycles. The lowest BCUT2D eigenvalue weighted by Crippen LogP contribution is -2.11. The number of hydrogen-bond acceptors (Lipinski definition) is 2. The SMILES string of the molecule is CC.CC(C)=O.CCC(C)N.CCCC. The summed E-state index contributed by atoms with van der Waals surface area (Å²) in [6.45, 7) is 15.5. The van der Waals surface area contributed by atoms with Crippen molar-refractivity contribution in [3.63, 3.8) is 0 Å². The number of nitrogens with two attached hydrogens (primary N) is 1. The molecule has 0 amide bonds. The van der Waals surface area contributed by atoms with E-state index in [4.69, 9.17) is 5.73 Å². The second-order valence-electron chi connectivity index (χ2n) is 3.29. The van der Waals surface area contributed by atoms with Crippen molar-refractivity contribution in [3.05, 3.63) is 0 Å². The number of hydrogen-bond donors (Lipinski definition) is 1. The first-order chi connectivity index (χ1) is 6.92. The van der Waals surface area contributed by atoms with E-state index in [1.165, 1.54) is 26.7 Å². The van der Waals surface area contributed by atoms with Gasteiger partial charge in [-0.15, -0.1) is 0 Å². The van der Waals surface area contributed by atoms with E-state index in [0.29, 0.717) is 6.04 Å². The third-order valence-electron chi connectivity index (χ3n) is 1.14. The van der Waals surface area contributed by atoms with E-state index in [-0.39, 0.29) is 5.78 Å². The average Bonchev–Trinajstić information content (AvgIpc) is 2.20. The second-order valence-corrected chi connectivity index (χ2v) is 3.29. The van der Waals surface area contributed by atoms with Gasteiger partial charge in [0.25, 0.3) is 0 Å². The van der Waals surface area contributed by atoms with Crippen LogP contribution in [0.5, 0.6) is 0 Å². The molecule has 2 heteroatoms. The summed E-state index contributed by atoms with van der Waals surface area (Å²) in [6, 6.07) is 0.384. The maximum atomic E-state index is 9.44. The first kappa shape index (κ1) is 24.1. The minimum Gasteiger partial charge on any atom is -0.328 e. The van der Waals surface area contributed by atoms with E-state index in [1.54, 1.807) is 0 Å². The van der Waals surface area contributed by atoms with E-state index in [1.807, 2.05) is 20.8 Å². The lowest BCUT2D eigenvalue weighted by atomic mass is 10.3. The van der Waals surface area contributed by atoms with Crippen LogP contribution in [0.15, 0.2) is 0 Å². The standard InChI is InChI=1S/C4H11N.C4H10.C3H6O.C2H6/c1-3-4(2)5;1-3-4-2;1-3(2)4;1-2/h4H,3,5H2,1-2H3;3-4H2,1-2H3;1-2H3;1-2H3. The summed E-state index contributed by atoms with van der Waals surface area (Å²) in [5.41, 5.74) is 5.29. The highest BCUT2D eigenvalue weighted by Gasteiger charge is 1.79. The molecule has 0 aliphatic rings. The number of rotatable bonds is 2. The minimum absolute atomic E-state index is 0.167. The van der Waals surface area contributed by atoms with Gasteiger partial charge >= 0.3 is 0 Å². The van der Waals surface area contributed by atoms with E-state index >= 15 is 0 Å². The summed E-state index contributed by atoms with van der Waals surface area (Å²) in [7, 11) is 0. The Bertz CT molecular complexity index is 84.5. The zero-order chi connectivity index (χ0) is 13.3. The van der Waals surface area contributed by atoms with Gasteiger partial charge in [0, 0.05) is 6.04 Å². The van der Waals surface area contributed by atoms with Crippen LogP contribution < -0.4 is 5.73 Å². The van der Waals surface area contributed by atoms with Crippen LogP contribution in [0.3, 0.4) is 0 Å². The second kappa shape index (κ2) is 29.2. The molecule has 0 rings (SSSR count). The lowest BCUT2D eigenvalue weighted by Gasteiger charge is -1.91. The summed E-state index contributed by atoms with van der Waals surface area (Å²) in [5, 5.41) is 0. The number of ketones is 1. The van der Waals surface area contributed by atoms with Gasteiger partial charge in [-0.1, -0.05) is 47.5 Å². The zero-order valence-corrected chi connectivity index (χ0v) is 12.2. The van der Waals surface area contributed by atoms with Crippen LogP contribution in [0.2, 0.25) is 0 Å². The molecule has 0 saturated heterocycles. The molecule has 0 aromatic rings. The lowest BCUT2D eigenvalue weighted by molar-refractivity contribution is -0.114. The van der Waals surface area contributed by atoms with Gasteiger partial charge in [-0.2, -0.15) is 0 Å². The van der Waals surface area contributed by atoms with Gasteiger partial charge < -0.3 is 10.5 Å². The molecule has 1 unspecified atom stereocenters. The van der Waals surface area contributed by atoms with Crippen molar-refractivity contribution in [3.8, 4) is 0 Å². The van der Waals surface area contributed by atoms with E-state index in [9.17, 15) is 4.79 Å². The first-order valence-electron chi connectivity index (χ1n) is 6.14. The predicted molar refractivity (Wildman–Crippen MR) is 72.2 cm³/mol. The third kappa shape index (κ3) is 267. The van der Waals surface area contributed by atoms with E-state index in [0.717, 1.165) is 6.42 Å². The molecule has 0 spiro atoms. The molecule has 96 valence electrons. The minimum atomic E-state index is 0.167. The Morgan fingerprint density at radius 2 is 1.20 bits per heavy atom. The van der Waals surface area contributed by atoms with Crippen LogP contribution >= 0.6 is 0 Å². The van der Waals surface area contributed by atoms with Gasteiger partial charge in [0.05, 0.1) is 0 Å². The zero-order valence-electron chi connectivity index (χ0n) is 12.2. The van der Waals surface area contributed by atoms with E-state index in [2.05, 4.69) is 20.8 Å². The maximum absolute atomic E-state index is 9.44. The monoisotopic (exact) mass is 219 g/mol. The van der Waals surface area contributed by atoms with Crippen LogP contribution in [0, 0.1) is 0 Å². The molecule has 0 heterocycles.